The summed E-state index contributed by atoms with van der Waals surface area (Å²) in [4.78, 5) is 3.11. The summed E-state index contributed by atoms with van der Waals surface area (Å²) in [5, 5.41) is 20.2. The van der Waals surface area contributed by atoms with Crippen LogP contribution in [0.4, 0.5) is 0 Å². The van der Waals surface area contributed by atoms with Crippen LogP contribution in [0.5, 0.6) is 5.75 Å². The van der Waals surface area contributed by atoms with E-state index >= 15 is 0 Å². The highest BCUT2D eigenvalue weighted by molar-refractivity contribution is 5.90. The molecule has 2 aromatic rings. The second-order valence-electron chi connectivity index (χ2n) is 3.61. The lowest BCUT2D eigenvalue weighted by Crippen LogP contribution is -2.12. The van der Waals surface area contributed by atoms with Crippen LogP contribution in [0.2, 0.25) is 0 Å². The monoisotopic (exact) mass is 206 g/mol. The Hall–Kier alpha value is -1.52. The molecule has 1 unspecified atom stereocenters. The molecule has 0 fully saturated rings. The number of H-pyrrole nitrogens is 1. The first-order chi connectivity index (χ1) is 7.15. The molecule has 0 saturated heterocycles. The van der Waals surface area contributed by atoms with E-state index in [2.05, 4.69) is 4.98 Å². The molecule has 0 aliphatic rings. The number of phenols is 1. The van der Waals surface area contributed by atoms with Gasteiger partial charge in [0.1, 0.15) is 5.75 Å². The van der Waals surface area contributed by atoms with E-state index < -0.39 is 6.10 Å². The van der Waals surface area contributed by atoms with Gasteiger partial charge >= 0.3 is 0 Å². The Labute approximate surface area is 87.3 Å². The van der Waals surface area contributed by atoms with E-state index in [1.807, 2.05) is 13.0 Å². The van der Waals surface area contributed by atoms with Gasteiger partial charge in [0.15, 0.2) is 0 Å². The average Bonchev–Trinajstić information content (AvgIpc) is 2.55. The summed E-state index contributed by atoms with van der Waals surface area (Å²) in [5.74, 6) is 0.166. The molecule has 4 heteroatoms. The van der Waals surface area contributed by atoms with Crippen molar-refractivity contribution in [3.8, 4) is 5.75 Å². The molecule has 4 nitrogen and oxygen atoms in total. The van der Waals surface area contributed by atoms with Gasteiger partial charge in [-0.2, -0.15) is 0 Å². The number of fused-ring (bicyclic) bond motifs is 1. The normalized spacial score (nSPS) is 13.3. The maximum Gasteiger partial charge on any atom is 0.125 e. The van der Waals surface area contributed by atoms with E-state index in [-0.39, 0.29) is 12.3 Å². The predicted octanol–water partition coefficient (Wildman–Crippen LogP) is 1.17. The summed E-state index contributed by atoms with van der Waals surface area (Å²) in [5.41, 5.74) is 7.77. The standard InChI is InChI=1S/C11H14N2O2/c1-6-10(9(15)5-12)11-7(13-6)3-2-4-8(11)14/h2-4,9,13-15H,5,12H2,1H3. The van der Waals surface area contributed by atoms with Crippen LogP contribution in [-0.4, -0.2) is 21.7 Å². The molecule has 15 heavy (non-hydrogen) atoms. The maximum atomic E-state index is 9.77. The van der Waals surface area contributed by atoms with Gasteiger partial charge in [-0.1, -0.05) is 6.07 Å². The van der Waals surface area contributed by atoms with Crippen molar-refractivity contribution in [1.82, 2.24) is 4.98 Å². The highest BCUT2D eigenvalue weighted by Gasteiger charge is 2.17. The Kier molecular flexibility index (Phi) is 2.38. The molecule has 0 aliphatic carbocycles. The number of aliphatic hydroxyl groups is 1. The fraction of sp³-hybridized carbons (Fsp3) is 0.273. The van der Waals surface area contributed by atoms with Crippen LogP contribution in [0.3, 0.4) is 0 Å². The molecule has 0 bridgehead atoms. The van der Waals surface area contributed by atoms with E-state index in [1.54, 1.807) is 12.1 Å². The Morgan fingerprint density at radius 3 is 2.87 bits per heavy atom. The smallest absolute Gasteiger partial charge is 0.125 e. The third-order valence-electron chi connectivity index (χ3n) is 2.59. The zero-order valence-electron chi connectivity index (χ0n) is 8.49. The number of aromatic hydroxyl groups is 1. The molecule has 1 heterocycles. The van der Waals surface area contributed by atoms with Crippen LogP contribution >= 0.6 is 0 Å². The minimum Gasteiger partial charge on any atom is -0.507 e. The number of aliphatic hydroxyl groups excluding tert-OH is 1. The van der Waals surface area contributed by atoms with E-state index in [0.717, 1.165) is 11.2 Å². The third-order valence-corrected chi connectivity index (χ3v) is 2.59. The van der Waals surface area contributed by atoms with Crippen molar-refractivity contribution in [2.45, 2.75) is 13.0 Å². The number of aromatic amines is 1. The Morgan fingerprint density at radius 2 is 2.20 bits per heavy atom. The first-order valence-corrected chi connectivity index (χ1v) is 4.83. The first-order valence-electron chi connectivity index (χ1n) is 4.83. The van der Waals surface area contributed by atoms with Gasteiger partial charge in [0.25, 0.3) is 0 Å². The van der Waals surface area contributed by atoms with Gasteiger partial charge < -0.3 is 20.9 Å². The summed E-state index contributed by atoms with van der Waals surface area (Å²) >= 11 is 0. The van der Waals surface area contributed by atoms with Crippen molar-refractivity contribution in [2.75, 3.05) is 6.54 Å². The number of benzene rings is 1. The molecule has 80 valence electrons. The quantitative estimate of drug-likeness (QED) is 0.595. The number of hydrogen-bond donors (Lipinski definition) is 4. The van der Waals surface area contributed by atoms with Crippen molar-refractivity contribution >= 4 is 10.9 Å². The van der Waals surface area contributed by atoms with Crippen molar-refractivity contribution in [3.63, 3.8) is 0 Å². The van der Waals surface area contributed by atoms with Crippen molar-refractivity contribution < 1.29 is 10.2 Å². The molecule has 1 aromatic carbocycles. The minimum absolute atomic E-state index is 0.141. The minimum atomic E-state index is -0.743. The molecule has 1 atom stereocenters. The van der Waals surface area contributed by atoms with Crippen LogP contribution in [0.25, 0.3) is 10.9 Å². The van der Waals surface area contributed by atoms with E-state index in [4.69, 9.17) is 5.73 Å². The number of nitrogens with one attached hydrogen (secondary N) is 1. The SMILES string of the molecule is Cc1[nH]c2cccc(O)c2c1C(O)CN. The number of phenolic OH excluding ortho intramolecular Hbond substituents is 1. The van der Waals surface area contributed by atoms with Crippen molar-refractivity contribution in [1.29, 1.82) is 0 Å². The molecule has 0 amide bonds. The van der Waals surface area contributed by atoms with Gasteiger partial charge in [0.2, 0.25) is 0 Å². The summed E-state index contributed by atoms with van der Waals surface area (Å²) in [6.45, 7) is 2.00. The van der Waals surface area contributed by atoms with Crippen molar-refractivity contribution in [3.05, 3.63) is 29.5 Å². The number of rotatable bonds is 2. The second-order valence-corrected chi connectivity index (χ2v) is 3.61. The van der Waals surface area contributed by atoms with Crippen LogP contribution in [-0.2, 0) is 0 Å². The van der Waals surface area contributed by atoms with E-state index in [9.17, 15) is 10.2 Å². The zero-order valence-corrected chi connectivity index (χ0v) is 8.49. The summed E-state index contributed by atoms with van der Waals surface area (Å²) < 4.78 is 0. The lowest BCUT2D eigenvalue weighted by atomic mass is 10.0. The molecular weight excluding hydrogens is 192 g/mol. The first kappa shape index (κ1) is 10.0. The molecule has 1 aromatic heterocycles. The highest BCUT2D eigenvalue weighted by Crippen LogP contribution is 2.33. The molecule has 5 N–H and O–H groups in total. The fourth-order valence-corrected chi connectivity index (χ4v) is 1.92. The number of nitrogens with two attached hydrogens (primary N) is 1. The maximum absolute atomic E-state index is 9.77. The Bertz CT molecular complexity index is 491. The summed E-state index contributed by atoms with van der Waals surface area (Å²) in [7, 11) is 0. The summed E-state index contributed by atoms with van der Waals surface area (Å²) in [6, 6.07) is 5.21. The fourth-order valence-electron chi connectivity index (χ4n) is 1.92. The number of aromatic nitrogens is 1. The zero-order chi connectivity index (χ0) is 11.0. The lowest BCUT2D eigenvalue weighted by Gasteiger charge is -2.08. The van der Waals surface area contributed by atoms with E-state index in [0.29, 0.717) is 10.9 Å². The Balaban J connectivity index is 2.76. The largest absolute Gasteiger partial charge is 0.507 e. The van der Waals surface area contributed by atoms with Gasteiger partial charge in [-0.05, 0) is 19.1 Å². The third kappa shape index (κ3) is 1.48. The Morgan fingerprint density at radius 1 is 1.47 bits per heavy atom. The second kappa shape index (κ2) is 3.56. The van der Waals surface area contributed by atoms with Gasteiger partial charge in [-0.3, -0.25) is 0 Å². The highest BCUT2D eigenvalue weighted by atomic mass is 16.3. The molecular formula is C11H14N2O2. The predicted molar refractivity (Wildman–Crippen MR) is 58.7 cm³/mol. The van der Waals surface area contributed by atoms with Crippen LogP contribution in [0.15, 0.2) is 18.2 Å². The number of hydrogen-bond acceptors (Lipinski definition) is 3. The molecule has 2 rings (SSSR count). The van der Waals surface area contributed by atoms with Crippen molar-refractivity contribution in [2.24, 2.45) is 5.73 Å². The molecule has 0 saturated carbocycles. The van der Waals surface area contributed by atoms with Crippen LogP contribution < -0.4 is 5.73 Å². The molecule has 0 spiro atoms. The van der Waals surface area contributed by atoms with Crippen LogP contribution in [0, 0.1) is 6.92 Å². The van der Waals surface area contributed by atoms with Gasteiger partial charge in [-0.25, -0.2) is 0 Å². The molecule has 0 radical (unpaired) electrons. The summed E-state index contributed by atoms with van der Waals surface area (Å²) in [6.07, 6.45) is -0.743. The molecule has 0 aliphatic heterocycles. The number of aryl methyl sites for hydroxylation is 1. The van der Waals surface area contributed by atoms with Crippen LogP contribution in [0.1, 0.15) is 17.4 Å². The topological polar surface area (TPSA) is 82.3 Å². The lowest BCUT2D eigenvalue weighted by molar-refractivity contribution is 0.187. The van der Waals surface area contributed by atoms with Gasteiger partial charge in [-0.15, -0.1) is 0 Å². The van der Waals surface area contributed by atoms with Gasteiger partial charge in [0.05, 0.1) is 6.10 Å². The van der Waals surface area contributed by atoms with Gasteiger partial charge in [0, 0.05) is 28.7 Å². The average molecular weight is 206 g/mol. The van der Waals surface area contributed by atoms with E-state index in [1.165, 1.54) is 0 Å².